The van der Waals surface area contributed by atoms with Crippen molar-refractivity contribution >= 4 is 17.5 Å². The number of carbonyl (C=O) groups is 1. The molecule has 0 unspecified atom stereocenters. The van der Waals surface area contributed by atoms with E-state index in [1.54, 1.807) is 18.2 Å². The normalized spacial score (nSPS) is 9.43. The summed E-state index contributed by atoms with van der Waals surface area (Å²) in [4.78, 5) is 15.9. The van der Waals surface area contributed by atoms with Gasteiger partial charge in [0.1, 0.15) is 17.3 Å². The van der Waals surface area contributed by atoms with Crippen molar-refractivity contribution in [2.24, 2.45) is 5.73 Å². The molecule has 0 fully saturated rings. The number of nitrogens with one attached hydrogen (secondary N) is 2. The average Bonchev–Trinajstić information content (AvgIpc) is 2.48. The topological polar surface area (TPSA) is 80.0 Å². The maximum absolute atomic E-state index is 12.8. The fourth-order valence-corrected chi connectivity index (χ4v) is 1.53. The summed E-state index contributed by atoms with van der Waals surface area (Å²) in [5.41, 5.74) is 6.28. The van der Waals surface area contributed by atoms with Crippen LogP contribution in [0.2, 0.25) is 0 Å². The molecule has 106 valence electrons. The highest BCUT2D eigenvalue weighted by Crippen LogP contribution is 2.09. The van der Waals surface area contributed by atoms with Gasteiger partial charge in [0, 0.05) is 5.69 Å². The summed E-state index contributed by atoms with van der Waals surface area (Å²) >= 11 is 0. The molecule has 2 amide bonds. The number of pyridine rings is 1. The zero-order chi connectivity index (χ0) is 15.1. The number of urea groups is 1. The van der Waals surface area contributed by atoms with Crippen LogP contribution in [0.1, 0.15) is 5.69 Å². The van der Waals surface area contributed by atoms with Gasteiger partial charge >= 0.3 is 6.03 Å². The van der Waals surface area contributed by atoms with E-state index in [1.165, 1.54) is 24.3 Å². The van der Waals surface area contributed by atoms with Crippen LogP contribution < -0.4 is 16.4 Å². The summed E-state index contributed by atoms with van der Waals surface area (Å²) in [6, 6.07) is 10.0. The second-order valence-electron chi connectivity index (χ2n) is 4.00. The third kappa shape index (κ3) is 4.60. The van der Waals surface area contributed by atoms with Gasteiger partial charge in [-0.3, -0.25) is 5.32 Å². The van der Waals surface area contributed by atoms with E-state index >= 15 is 0 Å². The highest BCUT2D eigenvalue weighted by Gasteiger charge is 2.04. The van der Waals surface area contributed by atoms with Crippen LogP contribution in [0.3, 0.4) is 0 Å². The minimum Gasteiger partial charge on any atom is -0.320 e. The molecule has 0 spiro atoms. The van der Waals surface area contributed by atoms with Gasteiger partial charge in [0.25, 0.3) is 0 Å². The van der Waals surface area contributed by atoms with Gasteiger partial charge in [0.15, 0.2) is 0 Å². The predicted octanol–water partition coefficient (Wildman–Crippen LogP) is 2.17. The van der Waals surface area contributed by atoms with Gasteiger partial charge in [0.05, 0.1) is 6.54 Å². The number of anilines is 2. The van der Waals surface area contributed by atoms with Crippen LogP contribution in [-0.2, 0) is 0 Å². The Morgan fingerprint density at radius 1 is 1.19 bits per heavy atom. The second-order valence-corrected chi connectivity index (χ2v) is 4.00. The first-order chi connectivity index (χ1) is 10.2. The van der Waals surface area contributed by atoms with Crippen LogP contribution in [0, 0.1) is 17.7 Å². The van der Waals surface area contributed by atoms with Crippen molar-refractivity contribution in [1.29, 1.82) is 0 Å². The molecule has 1 aromatic heterocycles. The molecule has 1 heterocycles. The molecule has 6 heteroatoms. The Morgan fingerprint density at radius 2 is 1.95 bits per heavy atom. The van der Waals surface area contributed by atoms with Gasteiger partial charge < -0.3 is 11.1 Å². The van der Waals surface area contributed by atoms with Crippen molar-refractivity contribution < 1.29 is 9.18 Å². The lowest BCUT2D eigenvalue weighted by Gasteiger charge is -2.07. The molecule has 2 rings (SSSR count). The van der Waals surface area contributed by atoms with Crippen molar-refractivity contribution in [3.05, 3.63) is 54.0 Å². The molecule has 5 nitrogen and oxygen atoms in total. The Kier molecular flexibility index (Phi) is 4.85. The fraction of sp³-hybridized carbons (Fsp3) is 0.0667. The average molecular weight is 284 g/mol. The van der Waals surface area contributed by atoms with E-state index in [2.05, 4.69) is 27.5 Å². The molecule has 4 N–H and O–H groups in total. The Balaban J connectivity index is 2.00. The van der Waals surface area contributed by atoms with Gasteiger partial charge in [-0.1, -0.05) is 12.0 Å². The van der Waals surface area contributed by atoms with Crippen molar-refractivity contribution in [3.63, 3.8) is 0 Å². The van der Waals surface area contributed by atoms with Crippen LogP contribution in [0.15, 0.2) is 42.5 Å². The number of nitrogens with zero attached hydrogens (tertiary/aromatic N) is 1. The van der Waals surface area contributed by atoms with Crippen LogP contribution in [-0.4, -0.2) is 17.6 Å². The molecule has 2 aromatic rings. The maximum atomic E-state index is 12.8. The first-order valence-corrected chi connectivity index (χ1v) is 6.17. The molecule has 0 radical (unpaired) electrons. The zero-order valence-electron chi connectivity index (χ0n) is 11.1. The highest BCUT2D eigenvalue weighted by molar-refractivity contribution is 5.99. The predicted molar refractivity (Wildman–Crippen MR) is 79.2 cm³/mol. The first kappa shape index (κ1) is 14.5. The van der Waals surface area contributed by atoms with E-state index in [-0.39, 0.29) is 12.4 Å². The smallest absolute Gasteiger partial charge is 0.320 e. The molecule has 0 atom stereocenters. The lowest BCUT2D eigenvalue weighted by atomic mass is 10.3. The summed E-state index contributed by atoms with van der Waals surface area (Å²) in [5, 5.41) is 5.14. The summed E-state index contributed by atoms with van der Waals surface area (Å²) in [7, 11) is 0. The summed E-state index contributed by atoms with van der Waals surface area (Å²) in [6.45, 7) is 0.240. The fourth-order valence-electron chi connectivity index (χ4n) is 1.53. The maximum Gasteiger partial charge on any atom is 0.324 e. The van der Waals surface area contributed by atoms with Crippen molar-refractivity contribution in [3.8, 4) is 11.8 Å². The number of amides is 2. The summed E-state index contributed by atoms with van der Waals surface area (Å²) < 4.78 is 12.8. The summed E-state index contributed by atoms with van der Waals surface area (Å²) in [6.07, 6.45) is 0. The van der Waals surface area contributed by atoms with Gasteiger partial charge in [-0.25, -0.2) is 14.2 Å². The minimum absolute atomic E-state index is 0.240. The molecular weight excluding hydrogens is 271 g/mol. The van der Waals surface area contributed by atoms with E-state index in [9.17, 15) is 9.18 Å². The zero-order valence-corrected chi connectivity index (χ0v) is 11.1. The molecule has 0 bridgehead atoms. The van der Waals surface area contributed by atoms with Crippen LogP contribution >= 0.6 is 0 Å². The van der Waals surface area contributed by atoms with Crippen molar-refractivity contribution in [1.82, 2.24) is 4.98 Å². The third-order valence-electron chi connectivity index (χ3n) is 2.41. The van der Waals surface area contributed by atoms with Gasteiger partial charge in [-0.2, -0.15) is 0 Å². The number of hydrogen-bond acceptors (Lipinski definition) is 3. The molecule has 0 saturated carbocycles. The number of hydrogen-bond donors (Lipinski definition) is 3. The van der Waals surface area contributed by atoms with Crippen molar-refractivity contribution in [2.45, 2.75) is 0 Å². The number of rotatable bonds is 2. The largest absolute Gasteiger partial charge is 0.324 e. The van der Waals surface area contributed by atoms with Crippen molar-refractivity contribution in [2.75, 3.05) is 17.2 Å². The lowest BCUT2D eigenvalue weighted by molar-refractivity contribution is 0.262. The Morgan fingerprint density at radius 3 is 2.67 bits per heavy atom. The van der Waals surface area contributed by atoms with Gasteiger partial charge in [0.2, 0.25) is 0 Å². The Bertz CT molecular complexity index is 689. The highest BCUT2D eigenvalue weighted by atomic mass is 19.1. The van der Waals surface area contributed by atoms with E-state index in [0.29, 0.717) is 17.2 Å². The first-order valence-electron chi connectivity index (χ1n) is 6.17. The van der Waals surface area contributed by atoms with Gasteiger partial charge in [-0.15, -0.1) is 0 Å². The number of benzene rings is 1. The van der Waals surface area contributed by atoms with E-state index in [1.807, 2.05) is 0 Å². The van der Waals surface area contributed by atoms with Crippen LogP contribution in [0.5, 0.6) is 0 Å². The SMILES string of the molecule is NCC#Cc1cccc(NC(=O)Nc2ccc(F)cc2)n1. The van der Waals surface area contributed by atoms with Crippen LogP contribution in [0.25, 0.3) is 0 Å². The Labute approximate surface area is 121 Å². The van der Waals surface area contributed by atoms with E-state index < -0.39 is 6.03 Å². The second kappa shape index (κ2) is 7.03. The quantitative estimate of drug-likeness (QED) is 0.739. The molecule has 0 aliphatic rings. The summed E-state index contributed by atoms with van der Waals surface area (Å²) in [5.74, 6) is 5.45. The third-order valence-corrected chi connectivity index (χ3v) is 2.41. The van der Waals surface area contributed by atoms with E-state index in [0.717, 1.165) is 0 Å². The number of aromatic nitrogens is 1. The van der Waals surface area contributed by atoms with E-state index in [4.69, 9.17) is 5.73 Å². The minimum atomic E-state index is -0.474. The monoisotopic (exact) mass is 284 g/mol. The standard InChI is InChI=1S/C15H13FN4O/c16-11-6-8-13(9-7-11)19-15(21)20-14-5-1-3-12(18-14)4-2-10-17/h1,3,5-9H,10,17H2,(H2,18,19,20,21). The molecule has 0 aliphatic heterocycles. The lowest BCUT2D eigenvalue weighted by Crippen LogP contribution is -2.20. The molecule has 0 saturated heterocycles. The number of carbonyl (C=O) groups excluding carboxylic acids is 1. The molecule has 21 heavy (non-hydrogen) atoms. The molecule has 0 aliphatic carbocycles. The molecular formula is C15H13FN4O. The van der Waals surface area contributed by atoms with Crippen LogP contribution in [0.4, 0.5) is 20.7 Å². The van der Waals surface area contributed by atoms with Gasteiger partial charge in [-0.05, 0) is 42.3 Å². The Hall–Kier alpha value is -2.91. The molecule has 1 aromatic carbocycles. The number of nitrogens with two attached hydrogens (primary N) is 1. The number of halogens is 1.